The van der Waals surface area contributed by atoms with E-state index in [2.05, 4.69) is 0 Å². The predicted molar refractivity (Wildman–Crippen MR) is 164 cm³/mol. The summed E-state index contributed by atoms with van der Waals surface area (Å²) in [6.07, 6.45) is -1.43. The van der Waals surface area contributed by atoms with Crippen LogP contribution < -0.4 is 4.90 Å². The van der Waals surface area contributed by atoms with Crippen LogP contribution in [0.1, 0.15) is 42.6 Å². The monoisotopic (exact) mass is 611 g/mol. The van der Waals surface area contributed by atoms with Gasteiger partial charge >= 0.3 is 12.0 Å². The van der Waals surface area contributed by atoms with E-state index in [0.717, 1.165) is 5.56 Å². The highest BCUT2D eigenvalue weighted by atomic mass is 35.5. The van der Waals surface area contributed by atoms with Crippen LogP contribution in [-0.4, -0.2) is 64.1 Å². The Labute approximate surface area is 256 Å². The Morgan fingerprint density at radius 1 is 1.00 bits per heavy atom. The number of hydrogen-bond donors (Lipinski definition) is 2. The van der Waals surface area contributed by atoms with E-state index >= 15 is 0 Å². The second-order valence-corrected chi connectivity index (χ2v) is 12.0. The largest absolute Gasteiger partial charge is 0.481 e. The summed E-state index contributed by atoms with van der Waals surface area (Å²) in [6, 6.07) is 20.5. The van der Waals surface area contributed by atoms with Crippen molar-refractivity contribution in [2.75, 3.05) is 25.0 Å². The summed E-state index contributed by atoms with van der Waals surface area (Å²) >= 11 is 12.5. The highest BCUT2D eigenvalue weighted by Gasteiger charge is 2.47. The molecule has 1 fully saturated rings. The van der Waals surface area contributed by atoms with Crippen LogP contribution in [0.4, 0.5) is 10.5 Å². The van der Waals surface area contributed by atoms with Crippen LogP contribution in [0.25, 0.3) is 0 Å². The van der Waals surface area contributed by atoms with Gasteiger partial charge in [0, 0.05) is 54.3 Å². The fourth-order valence-electron chi connectivity index (χ4n) is 5.42. The molecule has 0 aromatic heterocycles. The van der Waals surface area contributed by atoms with Crippen molar-refractivity contribution in [3.8, 4) is 0 Å². The summed E-state index contributed by atoms with van der Waals surface area (Å²) in [4.78, 5) is 44.4. The highest BCUT2D eigenvalue weighted by Crippen LogP contribution is 2.38. The number of likely N-dealkylation sites (N-methyl/N-ethyl adjacent to an activating group) is 1. The van der Waals surface area contributed by atoms with Gasteiger partial charge in [0.05, 0.1) is 18.6 Å². The zero-order valence-electron chi connectivity index (χ0n) is 23.8. The minimum Gasteiger partial charge on any atom is -0.481 e. The quantitative estimate of drug-likeness (QED) is 0.285. The van der Waals surface area contributed by atoms with Gasteiger partial charge in [-0.1, -0.05) is 77.3 Å². The molecule has 1 aliphatic heterocycles. The Morgan fingerprint density at radius 3 is 2.29 bits per heavy atom. The molecule has 8 nitrogen and oxygen atoms in total. The van der Waals surface area contributed by atoms with Crippen molar-refractivity contribution in [1.82, 2.24) is 9.80 Å². The zero-order valence-corrected chi connectivity index (χ0v) is 25.3. The first-order valence-corrected chi connectivity index (χ1v) is 14.4. The van der Waals surface area contributed by atoms with Crippen LogP contribution in [0.2, 0.25) is 10.0 Å². The van der Waals surface area contributed by atoms with E-state index in [1.165, 1.54) is 14.7 Å². The van der Waals surface area contributed by atoms with Gasteiger partial charge in [-0.3, -0.25) is 14.5 Å². The number of aliphatic hydroxyl groups excluding tert-OH is 1. The lowest BCUT2D eigenvalue weighted by atomic mass is 9.77. The van der Waals surface area contributed by atoms with Crippen LogP contribution in [-0.2, 0) is 16.1 Å². The summed E-state index contributed by atoms with van der Waals surface area (Å²) in [7, 11) is 1.60. The third kappa shape index (κ3) is 7.24. The lowest BCUT2D eigenvalue weighted by Crippen LogP contribution is -2.60. The lowest BCUT2D eigenvalue weighted by Gasteiger charge is -2.47. The SMILES string of the molecule is Cc1ccc(N2CC(CC(=O)O)(CC(=O)N(C)[C@H](C)[C@H](O)c3ccccc3)CN(Cc3ccc(Cl)cc3Cl)C2=O)cc1. The average molecular weight is 613 g/mol. The molecule has 3 atom stereocenters. The Hall–Kier alpha value is -3.59. The molecule has 1 heterocycles. The number of rotatable bonds is 10. The maximum atomic E-state index is 13.8. The number of aryl methyl sites for hydroxylation is 1. The van der Waals surface area contributed by atoms with Crippen LogP contribution in [0, 0.1) is 12.3 Å². The summed E-state index contributed by atoms with van der Waals surface area (Å²) in [5.41, 5.74) is 1.79. The van der Waals surface area contributed by atoms with Crippen LogP contribution in [0.15, 0.2) is 72.8 Å². The van der Waals surface area contributed by atoms with Crippen molar-refractivity contribution in [2.45, 2.75) is 45.4 Å². The van der Waals surface area contributed by atoms with E-state index in [1.54, 1.807) is 44.3 Å². The minimum atomic E-state index is -1.13. The molecule has 0 bridgehead atoms. The molecule has 0 aliphatic carbocycles. The summed E-state index contributed by atoms with van der Waals surface area (Å²) in [5.74, 6) is -1.41. The standard InChI is InChI=1S/C32H35Cl2N3O5/c1-21-9-13-26(14-10-21)37-20-32(17-29(39)40,19-36(31(37)42)18-24-11-12-25(33)15-27(24)34)16-28(38)35(3)22(2)30(41)23-7-5-4-6-8-23/h4-15,22,30,41H,16-20H2,1-3H3,(H,39,40)/t22-,30+,32?/m1/s1. The third-order valence-corrected chi connectivity index (χ3v) is 8.48. The predicted octanol–water partition coefficient (Wildman–Crippen LogP) is 6.18. The van der Waals surface area contributed by atoms with E-state index in [1.807, 2.05) is 49.4 Å². The highest BCUT2D eigenvalue weighted by molar-refractivity contribution is 6.35. The minimum absolute atomic E-state index is 0.0225. The van der Waals surface area contributed by atoms with Gasteiger partial charge in [-0.15, -0.1) is 0 Å². The van der Waals surface area contributed by atoms with E-state index in [0.29, 0.717) is 26.9 Å². The first kappa shape index (κ1) is 31.3. The molecule has 222 valence electrons. The molecule has 0 radical (unpaired) electrons. The number of carboxylic acid groups (broad SMARTS) is 1. The maximum Gasteiger partial charge on any atom is 0.324 e. The first-order chi connectivity index (χ1) is 19.9. The molecule has 3 aromatic carbocycles. The number of amides is 3. The number of anilines is 1. The van der Waals surface area contributed by atoms with Gasteiger partial charge in [-0.25, -0.2) is 4.79 Å². The van der Waals surface area contributed by atoms with Gasteiger partial charge in [0.25, 0.3) is 0 Å². The zero-order chi connectivity index (χ0) is 30.6. The van der Waals surface area contributed by atoms with Crippen molar-refractivity contribution in [3.05, 3.63) is 99.5 Å². The van der Waals surface area contributed by atoms with Crippen molar-refractivity contribution in [1.29, 1.82) is 0 Å². The number of hydrogen-bond acceptors (Lipinski definition) is 4. The molecule has 10 heteroatoms. The number of carbonyl (C=O) groups excluding carboxylic acids is 2. The van der Waals surface area contributed by atoms with Gasteiger partial charge in [0.2, 0.25) is 5.91 Å². The maximum absolute atomic E-state index is 13.8. The molecule has 1 saturated heterocycles. The van der Waals surface area contributed by atoms with Crippen molar-refractivity contribution >= 4 is 46.8 Å². The normalized spacial score (nSPS) is 18.5. The smallest absolute Gasteiger partial charge is 0.324 e. The van der Waals surface area contributed by atoms with Crippen molar-refractivity contribution in [2.24, 2.45) is 5.41 Å². The van der Waals surface area contributed by atoms with Crippen LogP contribution >= 0.6 is 23.2 Å². The summed E-state index contributed by atoms with van der Waals surface area (Å²) in [6.45, 7) is 3.84. The van der Waals surface area contributed by atoms with E-state index < -0.39 is 23.5 Å². The fourth-order valence-corrected chi connectivity index (χ4v) is 5.89. The molecule has 3 amide bonds. The van der Waals surface area contributed by atoms with Crippen LogP contribution in [0.3, 0.4) is 0 Å². The van der Waals surface area contributed by atoms with Gasteiger partial charge in [-0.05, 0) is 49.2 Å². The average Bonchev–Trinajstić information content (AvgIpc) is 2.95. The van der Waals surface area contributed by atoms with E-state index in [4.69, 9.17) is 23.2 Å². The summed E-state index contributed by atoms with van der Waals surface area (Å²) in [5, 5.41) is 21.8. The van der Waals surface area contributed by atoms with Crippen molar-refractivity contribution < 1.29 is 24.6 Å². The molecule has 0 saturated carbocycles. The second kappa shape index (κ2) is 13.2. The Morgan fingerprint density at radius 2 is 1.67 bits per heavy atom. The fraction of sp³-hybridized carbons (Fsp3) is 0.344. The Bertz CT molecular complexity index is 1440. The van der Waals surface area contributed by atoms with Gasteiger partial charge in [0.15, 0.2) is 0 Å². The molecule has 4 rings (SSSR count). The number of nitrogens with zero attached hydrogens (tertiary/aromatic N) is 3. The van der Waals surface area contributed by atoms with Gasteiger partial charge < -0.3 is 20.0 Å². The Kier molecular flexibility index (Phi) is 9.82. The molecular formula is C32H35Cl2N3O5. The van der Waals surface area contributed by atoms with Gasteiger partial charge in [0.1, 0.15) is 0 Å². The molecule has 1 unspecified atom stereocenters. The summed E-state index contributed by atoms with van der Waals surface area (Å²) < 4.78 is 0. The molecule has 0 spiro atoms. The van der Waals surface area contributed by atoms with Crippen molar-refractivity contribution in [3.63, 3.8) is 0 Å². The second-order valence-electron chi connectivity index (χ2n) is 11.1. The first-order valence-electron chi connectivity index (χ1n) is 13.7. The number of urea groups is 1. The number of benzene rings is 3. The number of carboxylic acids is 1. The van der Waals surface area contributed by atoms with Crippen LogP contribution in [0.5, 0.6) is 0 Å². The molecule has 1 aliphatic rings. The van der Waals surface area contributed by atoms with E-state index in [-0.39, 0.29) is 44.4 Å². The molecule has 2 N–H and O–H groups in total. The molecular weight excluding hydrogens is 577 g/mol. The van der Waals surface area contributed by atoms with E-state index in [9.17, 15) is 24.6 Å². The topological polar surface area (TPSA) is 101 Å². The number of carbonyl (C=O) groups is 3. The number of halogens is 2. The number of aliphatic hydroxyl groups is 1. The third-order valence-electron chi connectivity index (χ3n) is 7.90. The lowest BCUT2D eigenvalue weighted by molar-refractivity contribution is -0.143. The molecule has 42 heavy (non-hydrogen) atoms. The number of aliphatic carboxylic acids is 1. The Balaban J connectivity index is 1.68. The van der Waals surface area contributed by atoms with Gasteiger partial charge in [-0.2, -0.15) is 0 Å². The molecule has 3 aromatic rings.